The summed E-state index contributed by atoms with van der Waals surface area (Å²) in [6, 6.07) is 4.43. The van der Waals surface area contributed by atoms with Gasteiger partial charge in [-0.25, -0.2) is 9.59 Å². The number of hydrogen-bond donors (Lipinski definition) is 1. The molecule has 0 aromatic heterocycles. The van der Waals surface area contributed by atoms with Gasteiger partial charge in [-0.2, -0.15) is 0 Å². The van der Waals surface area contributed by atoms with Crippen LogP contribution < -0.4 is 10.5 Å². The maximum Gasteiger partial charge on any atom is 0.344 e. The zero-order valence-electron chi connectivity index (χ0n) is 10.3. The van der Waals surface area contributed by atoms with Gasteiger partial charge in [-0.05, 0) is 25.1 Å². The zero-order chi connectivity index (χ0) is 13.5. The van der Waals surface area contributed by atoms with E-state index in [9.17, 15) is 9.59 Å². The van der Waals surface area contributed by atoms with Crippen molar-refractivity contribution in [1.29, 1.82) is 0 Å². The van der Waals surface area contributed by atoms with E-state index in [4.69, 9.17) is 15.2 Å². The maximum absolute atomic E-state index is 11.2. The molecule has 0 atom stereocenters. The summed E-state index contributed by atoms with van der Waals surface area (Å²) in [5.41, 5.74) is 6.26. The Kier molecular flexibility index (Phi) is 4.98. The van der Waals surface area contributed by atoms with Crippen molar-refractivity contribution < 1.29 is 23.8 Å². The predicted octanol–water partition coefficient (Wildman–Crippen LogP) is 0.997. The molecule has 0 heterocycles. The molecule has 6 heteroatoms. The van der Waals surface area contributed by atoms with E-state index in [0.29, 0.717) is 17.9 Å². The third-order valence-electron chi connectivity index (χ3n) is 2.08. The van der Waals surface area contributed by atoms with Crippen molar-refractivity contribution in [2.24, 2.45) is 0 Å². The number of carbonyl (C=O) groups is 2. The molecule has 0 aliphatic rings. The lowest BCUT2D eigenvalue weighted by molar-refractivity contribution is -0.145. The van der Waals surface area contributed by atoms with E-state index in [0.717, 1.165) is 0 Å². The fraction of sp³-hybridized carbons (Fsp3) is 0.333. The highest BCUT2D eigenvalue weighted by atomic mass is 16.6. The van der Waals surface area contributed by atoms with Crippen LogP contribution in [0.4, 0.5) is 5.69 Å². The number of benzene rings is 1. The summed E-state index contributed by atoms with van der Waals surface area (Å²) < 4.78 is 14.4. The van der Waals surface area contributed by atoms with Crippen molar-refractivity contribution >= 4 is 17.6 Å². The maximum atomic E-state index is 11.2. The van der Waals surface area contributed by atoms with Crippen molar-refractivity contribution in [3.63, 3.8) is 0 Å². The van der Waals surface area contributed by atoms with Crippen LogP contribution in [-0.2, 0) is 14.3 Å². The molecule has 1 aromatic rings. The third-order valence-corrected chi connectivity index (χ3v) is 2.08. The Balaban J connectivity index is 2.68. The number of methoxy groups -OCH3 is 1. The van der Waals surface area contributed by atoms with Crippen LogP contribution in [0.15, 0.2) is 18.2 Å². The average molecular weight is 253 g/mol. The highest BCUT2D eigenvalue weighted by Crippen LogP contribution is 2.22. The van der Waals surface area contributed by atoms with E-state index >= 15 is 0 Å². The summed E-state index contributed by atoms with van der Waals surface area (Å²) >= 11 is 0. The van der Waals surface area contributed by atoms with Crippen molar-refractivity contribution in [1.82, 2.24) is 0 Å². The van der Waals surface area contributed by atoms with Gasteiger partial charge >= 0.3 is 11.9 Å². The summed E-state index contributed by atoms with van der Waals surface area (Å²) in [4.78, 5) is 22.3. The highest BCUT2D eigenvalue weighted by Gasteiger charge is 2.10. The smallest absolute Gasteiger partial charge is 0.344 e. The lowest BCUT2D eigenvalue weighted by Crippen LogP contribution is -2.15. The number of rotatable bonds is 5. The molecule has 98 valence electrons. The molecule has 0 unspecified atom stereocenters. The molecular weight excluding hydrogens is 238 g/mol. The Bertz CT molecular complexity index is 444. The van der Waals surface area contributed by atoms with Gasteiger partial charge in [0.25, 0.3) is 0 Å². The zero-order valence-corrected chi connectivity index (χ0v) is 10.3. The topological polar surface area (TPSA) is 87.8 Å². The normalized spacial score (nSPS) is 9.67. The fourth-order valence-corrected chi connectivity index (χ4v) is 1.26. The number of esters is 2. The second kappa shape index (κ2) is 6.48. The quantitative estimate of drug-likeness (QED) is 0.622. The molecule has 18 heavy (non-hydrogen) atoms. The van der Waals surface area contributed by atoms with Gasteiger partial charge in [0.15, 0.2) is 6.61 Å². The SMILES string of the molecule is CCOC(=O)COc1ccc(C(=O)OC)cc1N. The predicted molar refractivity (Wildman–Crippen MR) is 64.3 cm³/mol. The summed E-state index contributed by atoms with van der Waals surface area (Å²) in [5.74, 6) is -0.650. The van der Waals surface area contributed by atoms with Crippen molar-refractivity contribution in [3.8, 4) is 5.75 Å². The lowest BCUT2D eigenvalue weighted by Gasteiger charge is -2.09. The van der Waals surface area contributed by atoms with Crippen molar-refractivity contribution in [3.05, 3.63) is 23.8 Å². The molecule has 0 amide bonds. The molecule has 6 nitrogen and oxygen atoms in total. The van der Waals surface area contributed by atoms with Gasteiger partial charge in [0, 0.05) is 0 Å². The van der Waals surface area contributed by atoms with Gasteiger partial charge in [0.2, 0.25) is 0 Å². The number of carbonyl (C=O) groups excluding carboxylic acids is 2. The van der Waals surface area contributed by atoms with Crippen LogP contribution >= 0.6 is 0 Å². The van der Waals surface area contributed by atoms with Crippen LogP contribution in [0.25, 0.3) is 0 Å². The van der Waals surface area contributed by atoms with Gasteiger partial charge in [-0.1, -0.05) is 0 Å². The van der Waals surface area contributed by atoms with E-state index in [1.54, 1.807) is 6.92 Å². The Labute approximate surface area is 105 Å². The first kappa shape index (κ1) is 13.8. The van der Waals surface area contributed by atoms with Crippen molar-refractivity contribution in [2.75, 3.05) is 26.1 Å². The van der Waals surface area contributed by atoms with Gasteiger partial charge < -0.3 is 19.9 Å². The largest absolute Gasteiger partial charge is 0.480 e. The molecule has 2 N–H and O–H groups in total. The van der Waals surface area contributed by atoms with E-state index < -0.39 is 11.9 Å². The minimum Gasteiger partial charge on any atom is -0.480 e. The molecule has 0 aliphatic carbocycles. The Morgan fingerprint density at radius 2 is 2.06 bits per heavy atom. The van der Waals surface area contributed by atoms with Gasteiger partial charge in [0.05, 0.1) is 25.0 Å². The lowest BCUT2D eigenvalue weighted by atomic mass is 10.2. The summed E-state index contributed by atoms with van der Waals surface area (Å²) in [5, 5.41) is 0. The summed E-state index contributed by atoms with van der Waals surface area (Å²) in [7, 11) is 1.28. The molecule has 0 radical (unpaired) electrons. The number of hydrogen-bond acceptors (Lipinski definition) is 6. The molecule has 0 saturated heterocycles. The molecular formula is C12H15NO5. The first-order valence-corrected chi connectivity index (χ1v) is 5.34. The number of anilines is 1. The van der Waals surface area contributed by atoms with Crippen LogP contribution in [0.3, 0.4) is 0 Å². The van der Waals surface area contributed by atoms with E-state index in [-0.39, 0.29) is 12.3 Å². The minimum atomic E-state index is -0.487. The molecule has 0 fully saturated rings. The molecule has 1 aromatic carbocycles. The van der Waals surface area contributed by atoms with Gasteiger partial charge in [-0.15, -0.1) is 0 Å². The van der Waals surface area contributed by atoms with Gasteiger partial charge in [-0.3, -0.25) is 0 Å². The number of nitrogens with two attached hydrogens (primary N) is 1. The van der Waals surface area contributed by atoms with Crippen LogP contribution in [0.1, 0.15) is 17.3 Å². The Hall–Kier alpha value is -2.24. The molecule has 0 spiro atoms. The van der Waals surface area contributed by atoms with Crippen molar-refractivity contribution in [2.45, 2.75) is 6.92 Å². The second-order valence-electron chi connectivity index (χ2n) is 3.34. The van der Waals surface area contributed by atoms with Crippen LogP contribution in [0.5, 0.6) is 5.75 Å². The van der Waals surface area contributed by atoms with E-state index in [2.05, 4.69) is 4.74 Å². The Morgan fingerprint density at radius 3 is 2.61 bits per heavy atom. The Morgan fingerprint density at radius 1 is 1.33 bits per heavy atom. The first-order chi connectivity index (χ1) is 8.58. The fourth-order valence-electron chi connectivity index (χ4n) is 1.26. The minimum absolute atomic E-state index is 0.227. The molecule has 0 aliphatic heterocycles. The van der Waals surface area contributed by atoms with E-state index in [1.165, 1.54) is 25.3 Å². The summed E-state index contributed by atoms with van der Waals surface area (Å²) in [6.45, 7) is 1.77. The molecule has 0 saturated carbocycles. The molecule has 0 bridgehead atoms. The summed E-state index contributed by atoms with van der Waals surface area (Å²) in [6.07, 6.45) is 0. The van der Waals surface area contributed by atoms with Crippen LogP contribution in [0.2, 0.25) is 0 Å². The highest BCUT2D eigenvalue weighted by molar-refractivity contribution is 5.90. The first-order valence-electron chi connectivity index (χ1n) is 5.34. The van der Waals surface area contributed by atoms with E-state index in [1.807, 2.05) is 0 Å². The monoisotopic (exact) mass is 253 g/mol. The average Bonchev–Trinajstić information content (AvgIpc) is 2.36. The number of ether oxygens (including phenoxy) is 3. The third kappa shape index (κ3) is 3.65. The van der Waals surface area contributed by atoms with Crippen LogP contribution in [0, 0.1) is 0 Å². The second-order valence-corrected chi connectivity index (χ2v) is 3.34. The number of nitrogen functional groups attached to an aromatic ring is 1. The standard InChI is InChI=1S/C12H15NO5/c1-3-17-11(14)7-18-10-5-4-8(6-9(10)13)12(15)16-2/h4-6H,3,7,13H2,1-2H3. The van der Waals surface area contributed by atoms with Gasteiger partial charge in [0.1, 0.15) is 5.75 Å². The molecule has 1 rings (SSSR count). The van der Waals surface area contributed by atoms with Crippen LogP contribution in [-0.4, -0.2) is 32.3 Å².